The zero-order valence-corrected chi connectivity index (χ0v) is 16.0. The molecule has 4 heterocycles. The molecule has 9 nitrogen and oxygen atoms in total. The second-order valence-corrected chi connectivity index (χ2v) is 8.62. The van der Waals surface area contributed by atoms with Crippen LogP contribution in [0.3, 0.4) is 0 Å². The number of carbonyl (C=O) groups is 1. The Kier molecular flexibility index (Phi) is 4.02. The summed E-state index contributed by atoms with van der Waals surface area (Å²) in [5.74, 6) is -1.74. The molecule has 2 aliphatic rings. The van der Waals surface area contributed by atoms with Gasteiger partial charge in [0.2, 0.25) is 5.88 Å². The highest BCUT2D eigenvalue weighted by Crippen LogP contribution is 2.31. The van der Waals surface area contributed by atoms with E-state index in [0.717, 1.165) is 25.7 Å². The Balaban J connectivity index is 1.43. The molecule has 0 atom stereocenters. The van der Waals surface area contributed by atoms with E-state index in [0.29, 0.717) is 25.3 Å². The van der Waals surface area contributed by atoms with Crippen LogP contribution in [0.1, 0.15) is 23.4 Å². The summed E-state index contributed by atoms with van der Waals surface area (Å²) >= 11 is 0. The first-order valence-corrected chi connectivity index (χ1v) is 10.6. The van der Waals surface area contributed by atoms with Gasteiger partial charge in [0.25, 0.3) is 10.0 Å². The molecule has 1 N–H and O–H groups in total. The fourth-order valence-electron chi connectivity index (χ4n) is 3.41. The third-order valence-electron chi connectivity index (χ3n) is 5.05. The Bertz CT molecular complexity index is 1230. The minimum absolute atomic E-state index is 0.0893. The maximum Gasteiger partial charge on any atom is 0.300 e. The first-order chi connectivity index (χ1) is 13.9. The summed E-state index contributed by atoms with van der Waals surface area (Å²) in [6.45, 7) is 2.55. The van der Waals surface area contributed by atoms with Crippen molar-refractivity contribution in [2.24, 2.45) is 0 Å². The van der Waals surface area contributed by atoms with Crippen LogP contribution in [0.2, 0.25) is 0 Å². The molecule has 0 aliphatic carbocycles. The van der Waals surface area contributed by atoms with Crippen LogP contribution in [-0.4, -0.2) is 43.8 Å². The van der Waals surface area contributed by atoms with Gasteiger partial charge < -0.3 is 14.1 Å². The summed E-state index contributed by atoms with van der Waals surface area (Å²) < 4.78 is 53.9. The molecule has 1 saturated heterocycles. The van der Waals surface area contributed by atoms with Gasteiger partial charge in [-0.3, -0.25) is 4.79 Å². The largest absolute Gasteiger partial charge is 0.477 e. The summed E-state index contributed by atoms with van der Waals surface area (Å²) in [5, 5.41) is 4.09. The van der Waals surface area contributed by atoms with Crippen LogP contribution >= 0.6 is 0 Å². The zero-order chi connectivity index (χ0) is 20.2. The Labute approximate surface area is 165 Å². The number of halogens is 1. The number of rotatable bonds is 4. The highest BCUT2D eigenvalue weighted by molar-refractivity contribution is 7.90. The van der Waals surface area contributed by atoms with E-state index in [2.05, 4.69) is 5.10 Å². The summed E-state index contributed by atoms with van der Waals surface area (Å²) in [6.07, 6.45) is 2.88. The maximum absolute atomic E-state index is 14.4. The SMILES string of the molecule is O=C(NS(=O)(=O)c1cnn2c1OCCC2)c1cc2c(F)cc(N3CCC3)cc2o1. The lowest BCUT2D eigenvalue weighted by atomic mass is 10.1. The molecule has 1 amide bonds. The molecular formula is C18H17FN4O5S. The van der Waals surface area contributed by atoms with Crippen molar-refractivity contribution in [1.29, 1.82) is 0 Å². The van der Waals surface area contributed by atoms with Crippen molar-refractivity contribution in [2.75, 3.05) is 24.6 Å². The zero-order valence-electron chi connectivity index (χ0n) is 15.2. The van der Waals surface area contributed by atoms with Crippen LogP contribution in [-0.2, 0) is 16.6 Å². The summed E-state index contributed by atoms with van der Waals surface area (Å²) in [7, 11) is -4.24. The number of anilines is 1. The highest BCUT2D eigenvalue weighted by atomic mass is 32.2. The number of hydrogen-bond donors (Lipinski definition) is 1. The standard InChI is InChI=1S/C18H17FN4O5S/c19-13-7-11(22-3-1-4-22)8-14-12(13)9-15(28-14)17(24)21-29(25,26)16-10-20-23-5-2-6-27-18(16)23/h7-10H,1-6H2,(H,21,24). The molecule has 0 spiro atoms. The number of hydrogen-bond acceptors (Lipinski definition) is 7. The quantitative estimate of drug-likeness (QED) is 0.687. The van der Waals surface area contributed by atoms with E-state index in [-0.39, 0.29) is 27.5 Å². The molecule has 0 saturated carbocycles. The lowest BCUT2D eigenvalue weighted by Gasteiger charge is -2.33. The number of amides is 1. The number of ether oxygens (including phenoxy) is 1. The predicted molar refractivity (Wildman–Crippen MR) is 100.0 cm³/mol. The van der Waals surface area contributed by atoms with Gasteiger partial charge in [-0.15, -0.1) is 0 Å². The first kappa shape index (κ1) is 18.0. The second kappa shape index (κ2) is 6.48. The van der Waals surface area contributed by atoms with Crippen molar-refractivity contribution in [3.05, 3.63) is 36.0 Å². The fourth-order valence-corrected chi connectivity index (χ4v) is 4.44. The molecule has 11 heteroatoms. The van der Waals surface area contributed by atoms with Crippen molar-refractivity contribution >= 4 is 32.6 Å². The highest BCUT2D eigenvalue weighted by Gasteiger charge is 2.30. The molecule has 1 fully saturated rings. The number of benzene rings is 1. The smallest absolute Gasteiger partial charge is 0.300 e. The molecule has 2 aliphatic heterocycles. The van der Waals surface area contributed by atoms with Gasteiger partial charge in [0.1, 0.15) is 11.4 Å². The van der Waals surface area contributed by atoms with Gasteiger partial charge in [-0.2, -0.15) is 5.10 Å². The van der Waals surface area contributed by atoms with Gasteiger partial charge in [-0.25, -0.2) is 22.2 Å². The van der Waals surface area contributed by atoms with Crippen molar-refractivity contribution < 1.29 is 26.8 Å². The van der Waals surface area contributed by atoms with Gasteiger partial charge in [-0.1, -0.05) is 0 Å². The van der Waals surface area contributed by atoms with Crippen molar-refractivity contribution in [2.45, 2.75) is 24.3 Å². The number of aromatic nitrogens is 2. The van der Waals surface area contributed by atoms with E-state index < -0.39 is 21.7 Å². The topological polar surface area (TPSA) is 107 Å². The van der Waals surface area contributed by atoms with Gasteiger partial charge in [0.15, 0.2) is 10.7 Å². The third-order valence-corrected chi connectivity index (χ3v) is 6.36. The van der Waals surface area contributed by atoms with Crippen molar-refractivity contribution in [3.8, 4) is 5.88 Å². The Hall–Kier alpha value is -3.08. The molecule has 1 aromatic carbocycles. The number of carbonyl (C=O) groups excluding carboxylic acids is 1. The monoisotopic (exact) mass is 420 g/mol. The number of nitrogens with zero attached hydrogens (tertiary/aromatic N) is 3. The Morgan fingerprint density at radius 2 is 2.00 bits per heavy atom. The molecule has 0 radical (unpaired) electrons. The number of fused-ring (bicyclic) bond motifs is 2. The normalized spacial score (nSPS) is 16.2. The average molecular weight is 420 g/mol. The van der Waals surface area contributed by atoms with Gasteiger partial charge in [0, 0.05) is 43.9 Å². The number of aryl methyl sites for hydroxylation is 1. The molecule has 152 valence electrons. The van der Waals surface area contributed by atoms with Crippen molar-refractivity contribution in [3.63, 3.8) is 0 Å². The fraction of sp³-hybridized carbons (Fsp3) is 0.333. The lowest BCUT2D eigenvalue weighted by Crippen LogP contribution is -2.36. The minimum Gasteiger partial charge on any atom is -0.477 e. The average Bonchev–Trinajstić information content (AvgIpc) is 3.24. The van der Waals surface area contributed by atoms with Gasteiger partial charge in [0.05, 0.1) is 18.2 Å². The van der Waals surface area contributed by atoms with E-state index in [4.69, 9.17) is 9.15 Å². The minimum atomic E-state index is -4.24. The molecular weight excluding hydrogens is 403 g/mol. The maximum atomic E-state index is 14.4. The van der Waals surface area contributed by atoms with Crippen LogP contribution in [0.4, 0.5) is 10.1 Å². The molecule has 3 aromatic rings. The predicted octanol–water partition coefficient (Wildman–Crippen LogP) is 1.88. The van der Waals surface area contributed by atoms with Crippen LogP contribution in [0.25, 0.3) is 11.0 Å². The Morgan fingerprint density at radius 1 is 1.17 bits per heavy atom. The van der Waals surface area contributed by atoms with E-state index in [1.165, 1.54) is 16.8 Å². The molecule has 0 bridgehead atoms. The van der Waals surface area contributed by atoms with E-state index in [9.17, 15) is 17.6 Å². The van der Waals surface area contributed by atoms with E-state index in [1.54, 1.807) is 6.07 Å². The van der Waals surface area contributed by atoms with E-state index >= 15 is 0 Å². The number of nitrogens with one attached hydrogen (secondary N) is 1. The van der Waals surface area contributed by atoms with E-state index in [1.807, 2.05) is 9.62 Å². The van der Waals surface area contributed by atoms with Crippen LogP contribution in [0.15, 0.2) is 33.7 Å². The van der Waals surface area contributed by atoms with Crippen LogP contribution < -0.4 is 14.4 Å². The molecule has 0 unspecified atom stereocenters. The van der Waals surface area contributed by atoms with Crippen LogP contribution in [0.5, 0.6) is 5.88 Å². The second-order valence-electron chi connectivity index (χ2n) is 6.96. The van der Waals surface area contributed by atoms with Crippen molar-refractivity contribution in [1.82, 2.24) is 14.5 Å². The Morgan fingerprint density at radius 3 is 2.76 bits per heavy atom. The molecule has 29 heavy (non-hydrogen) atoms. The van der Waals surface area contributed by atoms with Gasteiger partial charge >= 0.3 is 5.91 Å². The van der Waals surface area contributed by atoms with Gasteiger partial charge in [-0.05, 0) is 12.5 Å². The first-order valence-electron chi connectivity index (χ1n) is 9.16. The number of furan rings is 1. The van der Waals surface area contributed by atoms with Crippen LogP contribution in [0, 0.1) is 5.82 Å². The molecule has 5 rings (SSSR count). The summed E-state index contributed by atoms with van der Waals surface area (Å²) in [5.41, 5.74) is 0.847. The number of sulfonamides is 1. The molecule has 2 aromatic heterocycles. The summed E-state index contributed by atoms with van der Waals surface area (Å²) in [6, 6.07) is 4.22. The lowest BCUT2D eigenvalue weighted by molar-refractivity contribution is 0.0956. The third kappa shape index (κ3) is 3.01. The summed E-state index contributed by atoms with van der Waals surface area (Å²) in [4.78, 5) is 14.3.